The number of ether oxygens (including phenoxy) is 2. The molecule has 1 aliphatic rings. The lowest BCUT2D eigenvalue weighted by Gasteiger charge is -2.28. The average molecular weight is 458 g/mol. The summed E-state index contributed by atoms with van der Waals surface area (Å²) in [5, 5.41) is 11.3. The Morgan fingerprint density at radius 1 is 1.00 bits per heavy atom. The summed E-state index contributed by atoms with van der Waals surface area (Å²) in [4.78, 5) is 28.2. The Kier molecular flexibility index (Phi) is 6.41. The minimum absolute atomic E-state index is 0.0135. The number of amides is 1. The van der Waals surface area contributed by atoms with E-state index >= 15 is 0 Å². The van der Waals surface area contributed by atoms with Gasteiger partial charge in [0.1, 0.15) is 17.3 Å². The van der Waals surface area contributed by atoms with E-state index < -0.39 is 17.7 Å². The second-order valence-electron chi connectivity index (χ2n) is 8.16. The van der Waals surface area contributed by atoms with E-state index in [1.54, 1.807) is 36.4 Å². The van der Waals surface area contributed by atoms with Crippen molar-refractivity contribution in [3.8, 4) is 11.5 Å². The van der Waals surface area contributed by atoms with E-state index in [0.29, 0.717) is 34.9 Å². The molecular weight excluding hydrogens is 430 g/mol. The van der Waals surface area contributed by atoms with Crippen molar-refractivity contribution in [2.24, 2.45) is 0 Å². The number of aliphatic hydroxyl groups is 1. The standard InChI is InChI=1S/C28H27NO5/c1-5-34-20-14-12-19(13-15-20)26(30)24-25(21-8-6-7-9-23(21)33-4)29(28(32)27(24)31)22-16-17(2)10-11-18(22)3/h6-16,25,30H,5H2,1-4H3/b26-24+. The van der Waals surface area contributed by atoms with Crippen LogP contribution >= 0.6 is 0 Å². The molecule has 1 atom stereocenters. The lowest BCUT2D eigenvalue weighted by Crippen LogP contribution is -2.30. The van der Waals surface area contributed by atoms with Gasteiger partial charge in [-0.05, 0) is 68.3 Å². The molecule has 1 amide bonds. The number of carbonyl (C=O) groups is 2. The van der Waals surface area contributed by atoms with Gasteiger partial charge in [0, 0.05) is 16.8 Å². The summed E-state index contributed by atoms with van der Waals surface area (Å²) in [5.74, 6) is -0.524. The Hall–Kier alpha value is -4.06. The van der Waals surface area contributed by atoms with Gasteiger partial charge in [0.15, 0.2) is 0 Å². The average Bonchev–Trinajstić information content (AvgIpc) is 3.11. The van der Waals surface area contributed by atoms with Crippen LogP contribution in [0.3, 0.4) is 0 Å². The second kappa shape index (κ2) is 9.43. The highest BCUT2D eigenvalue weighted by Crippen LogP contribution is 2.45. The number of ketones is 1. The van der Waals surface area contributed by atoms with Crippen LogP contribution in [0.25, 0.3) is 5.76 Å². The van der Waals surface area contributed by atoms with Crippen LogP contribution < -0.4 is 14.4 Å². The first-order valence-electron chi connectivity index (χ1n) is 11.1. The summed E-state index contributed by atoms with van der Waals surface area (Å²) >= 11 is 0. The number of para-hydroxylation sites is 1. The Morgan fingerprint density at radius 3 is 2.38 bits per heavy atom. The fourth-order valence-corrected chi connectivity index (χ4v) is 4.28. The van der Waals surface area contributed by atoms with E-state index in [-0.39, 0.29) is 11.3 Å². The fourth-order valence-electron chi connectivity index (χ4n) is 4.28. The number of anilines is 1. The predicted octanol–water partition coefficient (Wildman–Crippen LogP) is 5.34. The molecule has 1 fully saturated rings. The first kappa shape index (κ1) is 23.1. The van der Waals surface area contributed by atoms with Gasteiger partial charge in [-0.25, -0.2) is 0 Å². The third-order valence-electron chi connectivity index (χ3n) is 5.94. The van der Waals surface area contributed by atoms with E-state index in [9.17, 15) is 14.7 Å². The lowest BCUT2D eigenvalue weighted by molar-refractivity contribution is -0.132. The molecule has 1 aliphatic heterocycles. The molecule has 3 aromatic rings. The van der Waals surface area contributed by atoms with Crippen molar-refractivity contribution < 1.29 is 24.2 Å². The smallest absolute Gasteiger partial charge is 0.300 e. The van der Waals surface area contributed by atoms with Crippen molar-refractivity contribution in [3.05, 3.63) is 94.6 Å². The molecule has 4 rings (SSSR count). The van der Waals surface area contributed by atoms with Crippen LogP contribution in [0.1, 0.15) is 35.2 Å². The topological polar surface area (TPSA) is 76.1 Å². The van der Waals surface area contributed by atoms with Crippen molar-refractivity contribution in [2.75, 3.05) is 18.6 Å². The highest BCUT2D eigenvalue weighted by Gasteiger charge is 2.48. The zero-order valence-corrected chi connectivity index (χ0v) is 19.7. The van der Waals surface area contributed by atoms with E-state index in [4.69, 9.17) is 9.47 Å². The number of Topliss-reactive ketones (excluding diaryl/α,β-unsaturated/α-hetero) is 1. The van der Waals surface area contributed by atoms with Crippen LogP contribution in [0.4, 0.5) is 5.69 Å². The normalized spacial score (nSPS) is 17.2. The van der Waals surface area contributed by atoms with Crippen LogP contribution in [0, 0.1) is 13.8 Å². The number of methoxy groups -OCH3 is 1. The predicted molar refractivity (Wildman–Crippen MR) is 131 cm³/mol. The Labute approximate surface area is 199 Å². The third-order valence-corrected chi connectivity index (χ3v) is 5.94. The SMILES string of the molecule is CCOc1ccc(/C(O)=C2\C(=O)C(=O)N(c3cc(C)ccc3C)C2c2ccccc2OC)cc1. The summed E-state index contributed by atoms with van der Waals surface area (Å²) in [7, 11) is 1.54. The summed E-state index contributed by atoms with van der Waals surface area (Å²) in [6, 6.07) is 18.9. The number of benzene rings is 3. The van der Waals surface area contributed by atoms with E-state index in [0.717, 1.165) is 11.1 Å². The second-order valence-corrected chi connectivity index (χ2v) is 8.16. The van der Waals surface area contributed by atoms with Crippen molar-refractivity contribution in [1.29, 1.82) is 0 Å². The summed E-state index contributed by atoms with van der Waals surface area (Å²) in [6.45, 7) is 6.22. The summed E-state index contributed by atoms with van der Waals surface area (Å²) in [6.07, 6.45) is 0. The highest BCUT2D eigenvalue weighted by atomic mass is 16.5. The third kappa shape index (κ3) is 4.03. The minimum atomic E-state index is -0.858. The lowest BCUT2D eigenvalue weighted by atomic mass is 9.94. The fraction of sp³-hybridized carbons (Fsp3) is 0.214. The number of rotatable bonds is 6. The molecule has 0 bridgehead atoms. The van der Waals surface area contributed by atoms with E-state index in [1.807, 2.05) is 51.1 Å². The first-order chi connectivity index (χ1) is 16.4. The molecule has 6 nitrogen and oxygen atoms in total. The van der Waals surface area contributed by atoms with Crippen LogP contribution in [-0.4, -0.2) is 30.5 Å². The first-order valence-corrected chi connectivity index (χ1v) is 11.1. The molecule has 174 valence electrons. The van der Waals surface area contributed by atoms with Crippen molar-refractivity contribution in [1.82, 2.24) is 0 Å². The molecule has 0 aliphatic carbocycles. The maximum absolute atomic E-state index is 13.4. The van der Waals surface area contributed by atoms with Gasteiger partial charge in [-0.1, -0.05) is 30.3 Å². The molecule has 1 N–H and O–H groups in total. The molecule has 3 aromatic carbocycles. The quantitative estimate of drug-likeness (QED) is 0.307. The number of aryl methyl sites for hydroxylation is 2. The Morgan fingerprint density at radius 2 is 1.71 bits per heavy atom. The summed E-state index contributed by atoms with van der Waals surface area (Å²) in [5.41, 5.74) is 3.45. The highest BCUT2D eigenvalue weighted by molar-refractivity contribution is 6.51. The maximum atomic E-state index is 13.4. The van der Waals surface area contributed by atoms with Gasteiger partial charge in [-0.15, -0.1) is 0 Å². The van der Waals surface area contributed by atoms with Gasteiger partial charge < -0.3 is 14.6 Å². The Balaban J connectivity index is 1.96. The molecule has 0 radical (unpaired) electrons. The van der Waals surface area contributed by atoms with Crippen LogP contribution in [-0.2, 0) is 9.59 Å². The molecule has 0 spiro atoms. The van der Waals surface area contributed by atoms with Gasteiger partial charge in [-0.3, -0.25) is 14.5 Å². The van der Waals surface area contributed by atoms with Gasteiger partial charge in [0.05, 0.1) is 25.3 Å². The number of carbonyl (C=O) groups excluding carboxylic acids is 2. The van der Waals surface area contributed by atoms with E-state index in [1.165, 1.54) is 12.0 Å². The number of nitrogens with zero attached hydrogens (tertiary/aromatic N) is 1. The van der Waals surface area contributed by atoms with Gasteiger partial charge in [0.25, 0.3) is 11.7 Å². The maximum Gasteiger partial charge on any atom is 0.300 e. The monoisotopic (exact) mass is 457 g/mol. The van der Waals surface area contributed by atoms with Crippen molar-refractivity contribution in [3.63, 3.8) is 0 Å². The van der Waals surface area contributed by atoms with Gasteiger partial charge in [-0.2, -0.15) is 0 Å². The van der Waals surface area contributed by atoms with Crippen molar-refractivity contribution in [2.45, 2.75) is 26.8 Å². The molecule has 6 heteroatoms. The molecule has 1 saturated heterocycles. The molecule has 1 unspecified atom stereocenters. The van der Waals surface area contributed by atoms with Crippen LogP contribution in [0.2, 0.25) is 0 Å². The van der Waals surface area contributed by atoms with Gasteiger partial charge >= 0.3 is 0 Å². The molecule has 0 saturated carbocycles. The van der Waals surface area contributed by atoms with Gasteiger partial charge in [0.2, 0.25) is 0 Å². The zero-order chi connectivity index (χ0) is 24.4. The number of hydrogen-bond donors (Lipinski definition) is 1. The minimum Gasteiger partial charge on any atom is -0.507 e. The molecule has 34 heavy (non-hydrogen) atoms. The zero-order valence-electron chi connectivity index (χ0n) is 19.7. The van der Waals surface area contributed by atoms with E-state index in [2.05, 4.69) is 0 Å². The van der Waals surface area contributed by atoms with Crippen LogP contribution in [0.5, 0.6) is 11.5 Å². The van der Waals surface area contributed by atoms with Crippen LogP contribution in [0.15, 0.2) is 72.3 Å². The molecule has 1 heterocycles. The largest absolute Gasteiger partial charge is 0.507 e. The number of aliphatic hydroxyl groups excluding tert-OH is 1. The number of hydrogen-bond acceptors (Lipinski definition) is 5. The van der Waals surface area contributed by atoms with Crippen molar-refractivity contribution >= 4 is 23.1 Å². The molecule has 0 aromatic heterocycles. The summed E-state index contributed by atoms with van der Waals surface area (Å²) < 4.78 is 11.1. The Bertz CT molecular complexity index is 1280. The molecular formula is C28H27NO5.